The van der Waals surface area contributed by atoms with Gasteiger partial charge in [-0.25, -0.2) is 8.78 Å². The molecule has 96 valence electrons. The van der Waals surface area contributed by atoms with E-state index in [0.29, 0.717) is 4.90 Å². The maximum absolute atomic E-state index is 12.8. The van der Waals surface area contributed by atoms with Gasteiger partial charge in [-0.15, -0.1) is 0 Å². The number of ether oxygens (including phenoxy) is 1. The summed E-state index contributed by atoms with van der Waals surface area (Å²) in [5, 5.41) is 0. The number of hydrogen-bond acceptors (Lipinski definition) is 2. The van der Waals surface area contributed by atoms with Crippen LogP contribution in [0.3, 0.4) is 0 Å². The Morgan fingerprint density at radius 2 is 1.88 bits per heavy atom. The first-order valence-corrected chi connectivity index (χ1v) is 4.71. The first kappa shape index (κ1) is 15.2. The first-order chi connectivity index (χ1) is 7.25. The maximum atomic E-state index is 12.8. The van der Waals surface area contributed by atoms with Crippen LogP contribution >= 0.6 is 0 Å². The van der Waals surface area contributed by atoms with E-state index in [4.69, 9.17) is 0 Å². The van der Waals surface area contributed by atoms with Crippen LogP contribution in [-0.4, -0.2) is 49.5 Å². The molecule has 0 unspecified atom stereocenters. The Bertz CT molecular complexity index is 234. The third kappa shape index (κ3) is 3.62. The van der Waals surface area contributed by atoms with Gasteiger partial charge in [0.05, 0.1) is 6.61 Å². The van der Waals surface area contributed by atoms with Crippen molar-refractivity contribution < 1.29 is 27.1 Å². The zero-order valence-corrected chi connectivity index (χ0v) is 9.34. The molecule has 0 saturated heterocycles. The molecule has 3 nitrogen and oxygen atoms in total. The molecule has 0 aromatic carbocycles. The fourth-order valence-electron chi connectivity index (χ4n) is 1.07. The van der Waals surface area contributed by atoms with Crippen molar-refractivity contribution in [2.75, 3.05) is 20.3 Å². The summed E-state index contributed by atoms with van der Waals surface area (Å²) in [6.07, 6.45) is -4.00. The third-order valence-corrected chi connectivity index (χ3v) is 1.98. The van der Waals surface area contributed by atoms with Crippen LogP contribution in [0, 0.1) is 0 Å². The SMILES string of the molecule is COCCN(C(=O)C(F)(F)C(F)F)C(C)C. The van der Waals surface area contributed by atoms with E-state index in [1.807, 2.05) is 0 Å². The lowest BCUT2D eigenvalue weighted by Gasteiger charge is -2.29. The summed E-state index contributed by atoms with van der Waals surface area (Å²) < 4.78 is 54.2. The standard InChI is InChI=1S/C9H15F4NO2/c1-6(2)14(4-5-16-3)8(15)9(12,13)7(10)11/h6-7H,4-5H2,1-3H3. The highest BCUT2D eigenvalue weighted by molar-refractivity contribution is 5.84. The quantitative estimate of drug-likeness (QED) is 0.667. The second-order valence-electron chi connectivity index (χ2n) is 3.51. The molecule has 0 saturated carbocycles. The molecule has 0 fully saturated rings. The zero-order valence-electron chi connectivity index (χ0n) is 9.34. The summed E-state index contributed by atoms with van der Waals surface area (Å²) in [4.78, 5) is 11.9. The summed E-state index contributed by atoms with van der Waals surface area (Å²) in [7, 11) is 1.33. The van der Waals surface area contributed by atoms with Gasteiger partial charge in [0.15, 0.2) is 0 Å². The van der Waals surface area contributed by atoms with Gasteiger partial charge in [0, 0.05) is 19.7 Å². The second kappa shape index (κ2) is 6.03. The summed E-state index contributed by atoms with van der Waals surface area (Å²) in [5.41, 5.74) is 0. The molecule has 0 spiro atoms. The minimum Gasteiger partial charge on any atom is -0.383 e. The van der Waals surface area contributed by atoms with Crippen molar-refractivity contribution in [1.29, 1.82) is 0 Å². The Kier molecular flexibility index (Phi) is 5.71. The van der Waals surface area contributed by atoms with Gasteiger partial charge in [-0.3, -0.25) is 4.79 Å². The Hall–Kier alpha value is -0.850. The minimum absolute atomic E-state index is 0.0171. The van der Waals surface area contributed by atoms with Crippen molar-refractivity contribution >= 4 is 5.91 Å². The van der Waals surface area contributed by atoms with Crippen LogP contribution in [0.5, 0.6) is 0 Å². The molecule has 1 amide bonds. The largest absolute Gasteiger partial charge is 0.383 e. The predicted octanol–water partition coefficient (Wildman–Crippen LogP) is 1.77. The summed E-state index contributed by atoms with van der Waals surface area (Å²) in [6, 6.07) is -0.590. The van der Waals surface area contributed by atoms with Gasteiger partial charge in [-0.05, 0) is 13.8 Å². The van der Waals surface area contributed by atoms with Gasteiger partial charge in [0.1, 0.15) is 0 Å². The lowest BCUT2D eigenvalue weighted by atomic mass is 10.2. The molecule has 0 aliphatic heterocycles. The van der Waals surface area contributed by atoms with Crippen LogP contribution in [0.25, 0.3) is 0 Å². The predicted molar refractivity (Wildman–Crippen MR) is 49.7 cm³/mol. The van der Waals surface area contributed by atoms with Gasteiger partial charge >= 0.3 is 12.3 Å². The summed E-state index contributed by atoms with van der Waals surface area (Å²) in [6.45, 7) is 2.81. The van der Waals surface area contributed by atoms with Crippen molar-refractivity contribution in [2.24, 2.45) is 0 Å². The molecule has 0 rings (SSSR count). The number of alkyl halides is 4. The average Bonchev–Trinajstić information content (AvgIpc) is 2.17. The van der Waals surface area contributed by atoms with Gasteiger partial charge < -0.3 is 9.64 Å². The van der Waals surface area contributed by atoms with Crippen LogP contribution in [-0.2, 0) is 9.53 Å². The molecular formula is C9H15F4NO2. The Labute approximate surface area is 91.4 Å². The zero-order chi connectivity index (χ0) is 12.9. The maximum Gasteiger partial charge on any atom is 0.383 e. The van der Waals surface area contributed by atoms with Gasteiger partial charge in [-0.1, -0.05) is 0 Å². The Morgan fingerprint density at radius 1 is 1.38 bits per heavy atom. The summed E-state index contributed by atoms with van der Waals surface area (Å²) in [5.74, 6) is -6.51. The number of carbonyl (C=O) groups excluding carboxylic acids is 1. The van der Waals surface area contributed by atoms with Gasteiger partial charge in [-0.2, -0.15) is 8.78 Å². The fourth-order valence-corrected chi connectivity index (χ4v) is 1.07. The molecule has 0 bridgehead atoms. The molecule has 7 heteroatoms. The minimum atomic E-state index is -4.64. The Morgan fingerprint density at radius 3 is 2.19 bits per heavy atom. The fraction of sp³-hybridized carbons (Fsp3) is 0.889. The smallest absolute Gasteiger partial charge is 0.383 e. The van der Waals surface area contributed by atoms with E-state index in [-0.39, 0.29) is 13.2 Å². The molecule has 0 aromatic heterocycles. The number of halogens is 4. The molecule has 0 aliphatic rings. The molecule has 0 aromatic rings. The molecule has 16 heavy (non-hydrogen) atoms. The highest BCUT2D eigenvalue weighted by Crippen LogP contribution is 2.26. The monoisotopic (exact) mass is 245 g/mol. The molecule has 0 aliphatic carbocycles. The number of rotatable bonds is 6. The van der Waals surface area contributed by atoms with Crippen molar-refractivity contribution in [2.45, 2.75) is 32.2 Å². The first-order valence-electron chi connectivity index (χ1n) is 4.71. The van der Waals surface area contributed by atoms with E-state index < -0.39 is 24.3 Å². The van der Waals surface area contributed by atoms with E-state index in [9.17, 15) is 22.4 Å². The molecule has 0 atom stereocenters. The van der Waals surface area contributed by atoms with Crippen molar-refractivity contribution in [3.05, 3.63) is 0 Å². The molecule has 0 N–H and O–H groups in total. The Balaban J connectivity index is 4.73. The summed E-state index contributed by atoms with van der Waals surface area (Å²) >= 11 is 0. The van der Waals surface area contributed by atoms with E-state index in [1.54, 1.807) is 0 Å². The van der Waals surface area contributed by atoms with Crippen LogP contribution in [0.15, 0.2) is 0 Å². The third-order valence-electron chi connectivity index (χ3n) is 1.98. The van der Waals surface area contributed by atoms with Crippen molar-refractivity contribution in [1.82, 2.24) is 4.90 Å². The van der Waals surface area contributed by atoms with Gasteiger partial charge in [0.25, 0.3) is 5.91 Å². The highest BCUT2D eigenvalue weighted by Gasteiger charge is 2.51. The molecular weight excluding hydrogens is 230 g/mol. The van der Waals surface area contributed by atoms with Crippen LogP contribution in [0.4, 0.5) is 17.6 Å². The topological polar surface area (TPSA) is 29.5 Å². The van der Waals surface area contributed by atoms with E-state index in [0.717, 1.165) is 0 Å². The van der Waals surface area contributed by atoms with Crippen molar-refractivity contribution in [3.63, 3.8) is 0 Å². The normalized spacial score (nSPS) is 12.3. The number of methoxy groups -OCH3 is 1. The number of carbonyl (C=O) groups is 1. The van der Waals surface area contributed by atoms with Crippen LogP contribution in [0.2, 0.25) is 0 Å². The number of amides is 1. The van der Waals surface area contributed by atoms with Crippen molar-refractivity contribution in [3.8, 4) is 0 Å². The van der Waals surface area contributed by atoms with E-state index in [1.165, 1.54) is 21.0 Å². The lowest BCUT2D eigenvalue weighted by molar-refractivity contribution is -0.182. The van der Waals surface area contributed by atoms with Crippen LogP contribution < -0.4 is 0 Å². The average molecular weight is 245 g/mol. The van der Waals surface area contributed by atoms with E-state index >= 15 is 0 Å². The second-order valence-corrected chi connectivity index (χ2v) is 3.51. The van der Waals surface area contributed by atoms with E-state index in [2.05, 4.69) is 4.74 Å². The lowest BCUT2D eigenvalue weighted by Crippen LogP contribution is -2.51. The van der Waals surface area contributed by atoms with Crippen LogP contribution in [0.1, 0.15) is 13.8 Å². The molecule has 0 heterocycles. The number of nitrogens with zero attached hydrogens (tertiary/aromatic N) is 1. The van der Waals surface area contributed by atoms with Gasteiger partial charge in [0.2, 0.25) is 0 Å². The number of hydrogen-bond donors (Lipinski definition) is 0. The molecule has 0 radical (unpaired) electrons. The highest BCUT2D eigenvalue weighted by atomic mass is 19.3.